The Morgan fingerprint density at radius 2 is 1.85 bits per heavy atom. The fourth-order valence-electron chi connectivity index (χ4n) is 4.70. The lowest BCUT2D eigenvalue weighted by molar-refractivity contribution is 0.0522. The number of benzene rings is 1. The van der Waals surface area contributed by atoms with Crippen molar-refractivity contribution < 1.29 is 18.6 Å². The van der Waals surface area contributed by atoms with Gasteiger partial charge in [-0.05, 0) is 56.0 Å². The summed E-state index contributed by atoms with van der Waals surface area (Å²) in [6, 6.07) is 6.55. The van der Waals surface area contributed by atoms with Crippen LogP contribution in [0.5, 0.6) is 0 Å². The van der Waals surface area contributed by atoms with E-state index in [4.69, 9.17) is 11.6 Å². The lowest BCUT2D eigenvalue weighted by Crippen LogP contribution is -2.39. The van der Waals surface area contributed by atoms with Gasteiger partial charge in [0, 0.05) is 37.7 Å². The van der Waals surface area contributed by atoms with Crippen molar-refractivity contribution in [1.29, 1.82) is 0 Å². The molecule has 216 valence electrons. The smallest absolute Gasteiger partial charge is 0.233 e. The number of fused-ring (bicyclic) bond motifs is 1. The van der Waals surface area contributed by atoms with Gasteiger partial charge < -0.3 is 25.7 Å². The first-order valence-corrected chi connectivity index (χ1v) is 15.2. The summed E-state index contributed by atoms with van der Waals surface area (Å²) in [5.74, 6) is 0.927. The molecule has 0 saturated carbocycles. The van der Waals surface area contributed by atoms with Crippen LogP contribution in [0.15, 0.2) is 36.8 Å². The molecule has 0 aliphatic heterocycles. The van der Waals surface area contributed by atoms with Crippen LogP contribution in [-0.2, 0) is 29.4 Å². The summed E-state index contributed by atoms with van der Waals surface area (Å²) in [4.78, 5) is 19.4. The SMILES string of the molecule is CN(C[C@H](O)CO)C1CCc2ccc(Nc3ncc(Cl)c(NCc4nccnc4N(C)S(C)(=O)=O)n3)cc2CC1. The quantitative estimate of drug-likeness (QED) is 0.243. The van der Waals surface area contributed by atoms with Gasteiger partial charge in [-0.15, -0.1) is 0 Å². The summed E-state index contributed by atoms with van der Waals surface area (Å²) in [7, 11) is -0.103. The molecule has 0 spiro atoms. The van der Waals surface area contributed by atoms with Crippen LogP contribution in [0.25, 0.3) is 0 Å². The third kappa shape index (κ3) is 7.55. The van der Waals surface area contributed by atoms with E-state index < -0.39 is 16.1 Å². The van der Waals surface area contributed by atoms with Gasteiger partial charge in [-0.2, -0.15) is 4.98 Å². The molecule has 40 heavy (non-hydrogen) atoms. The van der Waals surface area contributed by atoms with Gasteiger partial charge in [0.05, 0.1) is 31.7 Å². The molecule has 3 aromatic rings. The summed E-state index contributed by atoms with van der Waals surface area (Å²) in [6.45, 7) is 0.350. The molecule has 1 aliphatic rings. The first-order valence-electron chi connectivity index (χ1n) is 12.9. The predicted molar refractivity (Wildman–Crippen MR) is 156 cm³/mol. The third-order valence-corrected chi connectivity index (χ3v) is 8.45. The molecule has 0 radical (unpaired) electrons. The standard InChI is InChI=1S/C26H35ClN8O4S/c1-34(15-21(37)16-36)20-8-5-17-4-7-19(12-18(17)6-9-20)32-26-31-13-22(27)24(33-26)30-14-23-25(29-11-10-28-23)35(2)40(3,38)39/h4,7,10-13,20-21,36-37H,5-6,8-9,14-16H2,1-3H3,(H2,30,31,32,33)/t20?,21-/m0/s1. The molecule has 1 aliphatic carbocycles. The normalized spacial score (nSPS) is 16.2. The van der Waals surface area contributed by atoms with E-state index in [2.05, 4.69) is 47.6 Å². The Kier molecular flexibility index (Phi) is 9.74. The van der Waals surface area contributed by atoms with Crippen LogP contribution >= 0.6 is 11.6 Å². The fraction of sp³-hybridized carbons (Fsp3) is 0.462. The highest BCUT2D eigenvalue weighted by molar-refractivity contribution is 7.92. The number of aryl methyl sites for hydroxylation is 2. The van der Waals surface area contributed by atoms with Gasteiger partial charge in [-0.3, -0.25) is 9.29 Å². The zero-order valence-electron chi connectivity index (χ0n) is 22.7. The Balaban J connectivity index is 1.44. The summed E-state index contributed by atoms with van der Waals surface area (Å²) in [6.07, 6.45) is 8.54. The number of aliphatic hydroxyl groups is 2. The van der Waals surface area contributed by atoms with Crippen LogP contribution in [0.4, 0.5) is 23.3 Å². The van der Waals surface area contributed by atoms with E-state index in [0.29, 0.717) is 35.1 Å². The number of aliphatic hydroxyl groups excluding tert-OH is 2. The molecule has 1 unspecified atom stereocenters. The molecular formula is C26H35ClN8O4S. The third-order valence-electron chi connectivity index (χ3n) is 7.00. The highest BCUT2D eigenvalue weighted by Gasteiger charge is 2.22. The molecule has 2 heterocycles. The second-order valence-corrected chi connectivity index (χ2v) is 12.3. The second kappa shape index (κ2) is 13.0. The minimum atomic E-state index is -3.51. The maximum atomic E-state index is 12.0. The van der Waals surface area contributed by atoms with Crippen LogP contribution in [0.1, 0.15) is 29.7 Å². The van der Waals surface area contributed by atoms with Gasteiger partial charge in [0.2, 0.25) is 16.0 Å². The van der Waals surface area contributed by atoms with Crippen LogP contribution in [0.3, 0.4) is 0 Å². The lowest BCUT2D eigenvalue weighted by Gasteiger charge is -2.28. The van der Waals surface area contributed by atoms with Crippen molar-refractivity contribution in [2.45, 2.75) is 44.4 Å². The molecule has 0 amide bonds. The van der Waals surface area contributed by atoms with Crippen LogP contribution in [0, 0.1) is 0 Å². The predicted octanol–water partition coefficient (Wildman–Crippen LogP) is 2.20. The topological polar surface area (TPSA) is 157 Å². The van der Waals surface area contributed by atoms with E-state index >= 15 is 0 Å². The number of sulfonamides is 1. The number of hydrogen-bond donors (Lipinski definition) is 4. The van der Waals surface area contributed by atoms with Gasteiger partial charge in [0.25, 0.3) is 0 Å². The minimum absolute atomic E-state index is 0.142. The van der Waals surface area contributed by atoms with Crippen LogP contribution in [-0.4, -0.2) is 89.1 Å². The number of nitrogens with one attached hydrogen (secondary N) is 2. The number of likely N-dealkylation sites (N-methyl/N-ethyl adjacent to an activating group) is 1. The number of aromatic nitrogens is 4. The lowest BCUT2D eigenvalue weighted by atomic mass is 10.0. The average Bonchev–Trinajstić information content (AvgIpc) is 3.15. The van der Waals surface area contributed by atoms with E-state index in [1.165, 1.54) is 36.8 Å². The monoisotopic (exact) mass is 590 g/mol. The summed E-state index contributed by atoms with van der Waals surface area (Å²) < 4.78 is 25.1. The number of rotatable bonds is 11. The maximum absolute atomic E-state index is 12.0. The summed E-state index contributed by atoms with van der Waals surface area (Å²) in [5, 5.41) is 25.6. The molecule has 0 fully saturated rings. The maximum Gasteiger partial charge on any atom is 0.233 e. The first-order chi connectivity index (χ1) is 19.0. The van der Waals surface area contributed by atoms with E-state index in [1.807, 2.05) is 13.1 Å². The van der Waals surface area contributed by atoms with Crippen molar-refractivity contribution in [3.63, 3.8) is 0 Å². The molecule has 2 aromatic heterocycles. The molecule has 1 aromatic carbocycles. The second-order valence-electron chi connectivity index (χ2n) is 9.92. The average molecular weight is 591 g/mol. The molecular weight excluding hydrogens is 556 g/mol. The molecule has 4 N–H and O–H groups in total. The van der Waals surface area contributed by atoms with E-state index in [-0.39, 0.29) is 19.0 Å². The van der Waals surface area contributed by atoms with Crippen molar-refractivity contribution in [1.82, 2.24) is 24.8 Å². The van der Waals surface area contributed by atoms with Gasteiger partial charge in [0.1, 0.15) is 10.7 Å². The number of nitrogens with zero attached hydrogens (tertiary/aromatic N) is 6. The minimum Gasteiger partial charge on any atom is -0.394 e. The number of halogens is 1. The van der Waals surface area contributed by atoms with Crippen LogP contribution < -0.4 is 14.9 Å². The van der Waals surface area contributed by atoms with Gasteiger partial charge in [0.15, 0.2) is 11.6 Å². The first kappa shape index (κ1) is 29.9. The Morgan fingerprint density at radius 3 is 2.58 bits per heavy atom. The Morgan fingerprint density at radius 1 is 1.12 bits per heavy atom. The van der Waals surface area contributed by atoms with E-state index in [9.17, 15) is 18.6 Å². The van der Waals surface area contributed by atoms with Crippen molar-refractivity contribution in [3.05, 3.63) is 58.6 Å². The van der Waals surface area contributed by atoms with Crippen LogP contribution in [0.2, 0.25) is 5.02 Å². The van der Waals surface area contributed by atoms with Crippen molar-refractivity contribution >= 4 is 44.9 Å². The number of hydrogen-bond acceptors (Lipinski definition) is 11. The highest BCUT2D eigenvalue weighted by Crippen LogP contribution is 2.28. The van der Waals surface area contributed by atoms with E-state index in [1.54, 1.807) is 0 Å². The molecule has 0 bridgehead atoms. The van der Waals surface area contributed by atoms with Gasteiger partial charge >= 0.3 is 0 Å². The molecule has 14 heteroatoms. The zero-order valence-corrected chi connectivity index (χ0v) is 24.3. The Hall–Kier alpha value is -3.10. The Labute approximate surface area is 239 Å². The Bertz CT molecular complexity index is 1430. The highest BCUT2D eigenvalue weighted by atomic mass is 35.5. The largest absolute Gasteiger partial charge is 0.394 e. The van der Waals surface area contributed by atoms with Crippen molar-refractivity contribution in [3.8, 4) is 0 Å². The molecule has 12 nitrogen and oxygen atoms in total. The fourth-order valence-corrected chi connectivity index (χ4v) is 5.33. The molecule has 0 saturated heterocycles. The van der Waals surface area contributed by atoms with Gasteiger partial charge in [-0.1, -0.05) is 17.7 Å². The summed E-state index contributed by atoms with van der Waals surface area (Å²) in [5.41, 5.74) is 3.81. The zero-order chi connectivity index (χ0) is 28.9. The van der Waals surface area contributed by atoms with Crippen molar-refractivity contribution in [2.75, 3.05) is 48.4 Å². The van der Waals surface area contributed by atoms with Crippen molar-refractivity contribution in [2.24, 2.45) is 0 Å². The number of anilines is 4. The molecule has 4 rings (SSSR count). The molecule has 2 atom stereocenters. The van der Waals surface area contributed by atoms with E-state index in [0.717, 1.165) is 41.9 Å². The summed E-state index contributed by atoms with van der Waals surface area (Å²) >= 11 is 6.34. The van der Waals surface area contributed by atoms with Gasteiger partial charge in [-0.25, -0.2) is 18.4 Å².